The molecule has 1 heterocycles. The Bertz CT molecular complexity index is 620. The van der Waals surface area contributed by atoms with Crippen molar-refractivity contribution < 1.29 is 13.2 Å². The summed E-state index contributed by atoms with van der Waals surface area (Å²) in [6.07, 6.45) is -4.38. The van der Waals surface area contributed by atoms with E-state index in [0.717, 1.165) is 12.1 Å². The van der Waals surface area contributed by atoms with Crippen LogP contribution >= 0.6 is 0 Å². The molecule has 98 valence electrons. The molecule has 0 radical (unpaired) electrons. The summed E-state index contributed by atoms with van der Waals surface area (Å²) in [6.45, 7) is 2.29. The zero-order chi connectivity index (χ0) is 14.0. The molecular formula is C12H9F3N4. The van der Waals surface area contributed by atoms with Gasteiger partial charge in [-0.25, -0.2) is 4.68 Å². The summed E-state index contributed by atoms with van der Waals surface area (Å²) in [5.41, 5.74) is 0.280. The molecule has 1 aromatic carbocycles. The van der Waals surface area contributed by atoms with Crippen LogP contribution in [0.3, 0.4) is 0 Å². The topological polar surface area (TPSA) is 54.5 Å². The summed E-state index contributed by atoms with van der Waals surface area (Å²) in [4.78, 5) is 0. The van der Waals surface area contributed by atoms with Crippen molar-refractivity contribution in [1.82, 2.24) is 15.0 Å². The van der Waals surface area contributed by atoms with E-state index in [0.29, 0.717) is 17.8 Å². The van der Waals surface area contributed by atoms with E-state index in [-0.39, 0.29) is 5.69 Å². The summed E-state index contributed by atoms with van der Waals surface area (Å²) in [7, 11) is 0. The first kappa shape index (κ1) is 13.1. The summed E-state index contributed by atoms with van der Waals surface area (Å²) >= 11 is 0. The average molecular weight is 266 g/mol. The van der Waals surface area contributed by atoms with Crippen LogP contribution in [0.4, 0.5) is 13.2 Å². The molecule has 2 aromatic rings. The van der Waals surface area contributed by atoms with E-state index < -0.39 is 11.7 Å². The number of hydrogen-bond donors (Lipinski definition) is 0. The predicted molar refractivity (Wildman–Crippen MR) is 60.8 cm³/mol. The molecule has 0 N–H and O–H groups in total. The van der Waals surface area contributed by atoms with Gasteiger partial charge >= 0.3 is 6.18 Å². The lowest BCUT2D eigenvalue weighted by Gasteiger charge is -2.08. The minimum atomic E-state index is -4.38. The molecule has 0 unspecified atom stereocenters. The highest BCUT2D eigenvalue weighted by atomic mass is 19.4. The van der Waals surface area contributed by atoms with Crippen LogP contribution in [0.25, 0.3) is 11.3 Å². The monoisotopic (exact) mass is 266 g/mol. The van der Waals surface area contributed by atoms with Crippen molar-refractivity contribution in [3.63, 3.8) is 0 Å². The van der Waals surface area contributed by atoms with Crippen LogP contribution in [0.5, 0.6) is 0 Å². The maximum Gasteiger partial charge on any atom is 0.416 e. The highest BCUT2D eigenvalue weighted by Crippen LogP contribution is 2.31. The normalized spacial score (nSPS) is 11.3. The average Bonchev–Trinajstić information content (AvgIpc) is 2.80. The first-order chi connectivity index (χ1) is 8.97. The summed E-state index contributed by atoms with van der Waals surface area (Å²) < 4.78 is 38.9. The first-order valence-corrected chi connectivity index (χ1v) is 5.48. The van der Waals surface area contributed by atoms with Gasteiger partial charge < -0.3 is 0 Å². The fourth-order valence-corrected chi connectivity index (χ4v) is 1.71. The quantitative estimate of drug-likeness (QED) is 0.839. The van der Waals surface area contributed by atoms with Gasteiger partial charge in [-0.3, -0.25) is 0 Å². The molecular weight excluding hydrogens is 257 g/mol. The minimum Gasteiger partial charge on any atom is -0.244 e. The molecule has 0 bridgehead atoms. The van der Waals surface area contributed by atoms with Gasteiger partial charge in [0.25, 0.3) is 0 Å². The molecule has 0 saturated heterocycles. The number of aromatic nitrogens is 3. The van der Waals surface area contributed by atoms with Gasteiger partial charge in [-0.1, -0.05) is 17.3 Å². The number of hydrogen-bond acceptors (Lipinski definition) is 3. The van der Waals surface area contributed by atoms with Crippen LogP contribution in [0, 0.1) is 11.3 Å². The van der Waals surface area contributed by atoms with Crippen LogP contribution in [0.2, 0.25) is 0 Å². The minimum absolute atomic E-state index is 0.0987. The molecule has 19 heavy (non-hydrogen) atoms. The van der Waals surface area contributed by atoms with Crippen LogP contribution in [0.1, 0.15) is 18.2 Å². The third-order valence-electron chi connectivity index (χ3n) is 2.63. The van der Waals surface area contributed by atoms with Crippen molar-refractivity contribution in [2.24, 2.45) is 0 Å². The zero-order valence-corrected chi connectivity index (χ0v) is 9.94. The van der Waals surface area contributed by atoms with E-state index in [9.17, 15) is 13.2 Å². The van der Waals surface area contributed by atoms with E-state index in [4.69, 9.17) is 5.26 Å². The van der Waals surface area contributed by atoms with E-state index in [2.05, 4.69) is 10.3 Å². The van der Waals surface area contributed by atoms with Crippen molar-refractivity contribution in [3.8, 4) is 17.3 Å². The van der Waals surface area contributed by atoms with E-state index in [1.54, 1.807) is 0 Å². The van der Waals surface area contributed by atoms with Crippen molar-refractivity contribution in [3.05, 3.63) is 35.5 Å². The lowest BCUT2D eigenvalue weighted by atomic mass is 10.1. The van der Waals surface area contributed by atoms with Crippen molar-refractivity contribution in [1.29, 1.82) is 5.26 Å². The summed E-state index contributed by atoms with van der Waals surface area (Å²) in [5.74, 6) is 0. The van der Waals surface area contributed by atoms with Crippen molar-refractivity contribution >= 4 is 0 Å². The standard InChI is InChI=1S/C12H9F3N4/c1-2-19-11(10(7-16)17-18-19)8-3-5-9(6-4-8)12(13,14)15/h3-6H,2H2,1H3. The molecule has 0 aliphatic heterocycles. The Hall–Kier alpha value is -2.36. The SMILES string of the molecule is CCn1nnc(C#N)c1-c1ccc(C(F)(F)F)cc1. The summed E-state index contributed by atoms with van der Waals surface area (Å²) in [6, 6.07) is 6.46. The van der Waals surface area contributed by atoms with E-state index in [1.807, 2.05) is 13.0 Å². The highest BCUT2D eigenvalue weighted by molar-refractivity contribution is 5.65. The smallest absolute Gasteiger partial charge is 0.244 e. The molecule has 0 aliphatic rings. The van der Waals surface area contributed by atoms with Gasteiger partial charge in [0.15, 0.2) is 5.69 Å². The maximum absolute atomic E-state index is 12.5. The molecule has 2 rings (SSSR count). The highest BCUT2D eigenvalue weighted by Gasteiger charge is 2.30. The summed E-state index contributed by atoms with van der Waals surface area (Å²) in [5, 5.41) is 16.4. The molecule has 0 fully saturated rings. The van der Waals surface area contributed by atoms with Gasteiger partial charge in [-0.15, -0.1) is 5.10 Å². The Morgan fingerprint density at radius 1 is 1.26 bits per heavy atom. The Balaban J connectivity index is 2.49. The second kappa shape index (κ2) is 4.72. The van der Waals surface area contributed by atoms with E-state index in [1.165, 1.54) is 16.8 Å². The number of nitrogens with zero attached hydrogens (tertiary/aromatic N) is 4. The van der Waals surface area contributed by atoms with Crippen molar-refractivity contribution in [2.45, 2.75) is 19.6 Å². The molecule has 0 atom stereocenters. The fraction of sp³-hybridized carbons (Fsp3) is 0.250. The first-order valence-electron chi connectivity index (χ1n) is 5.48. The number of nitriles is 1. The number of halogens is 3. The fourth-order valence-electron chi connectivity index (χ4n) is 1.71. The predicted octanol–water partition coefficient (Wildman–Crippen LogP) is 2.86. The molecule has 0 saturated carbocycles. The van der Waals surface area contributed by atoms with Gasteiger partial charge in [0.05, 0.1) is 5.56 Å². The van der Waals surface area contributed by atoms with Gasteiger partial charge in [0.2, 0.25) is 0 Å². The molecule has 1 aromatic heterocycles. The van der Waals surface area contributed by atoms with Gasteiger partial charge in [0.1, 0.15) is 11.8 Å². The Morgan fingerprint density at radius 3 is 2.37 bits per heavy atom. The third kappa shape index (κ3) is 2.42. The van der Waals surface area contributed by atoms with Crippen LogP contribution in [-0.4, -0.2) is 15.0 Å². The van der Waals surface area contributed by atoms with Crippen LogP contribution < -0.4 is 0 Å². The zero-order valence-electron chi connectivity index (χ0n) is 9.94. The van der Waals surface area contributed by atoms with Gasteiger partial charge in [-0.2, -0.15) is 18.4 Å². The number of alkyl halides is 3. The molecule has 7 heteroatoms. The second-order valence-electron chi connectivity index (χ2n) is 3.79. The largest absolute Gasteiger partial charge is 0.416 e. The number of benzene rings is 1. The molecule has 0 aliphatic carbocycles. The Morgan fingerprint density at radius 2 is 1.89 bits per heavy atom. The number of aryl methyl sites for hydroxylation is 1. The maximum atomic E-state index is 12.5. The molecule has 4 nitrogen and oxygen atoms in total. The van der Waals surface area contributed by atoms with Gasteiger partial charge in [0, 0.05) is 12.1 Å². The molecule has 0 amide bonds. The Kier molecular flexibility index (Phi) is 3.25. The lowest BCUT2D eigenvalue weighted by Crippen LogP contribution is -2.05. The van der Waals surface area contributed by atoms with Crippen molar-refractivity contribution in [2.75, 3.05) is 0 Å². The van der Waals surface area contributed by atoms with Gasteiger partial charge in [-0.05, 0) is 19.1 Å². The molecule has 0 spiro atoms. The number of rotatable bonds is 2. The lowest BCUT2D eigenvalue weighted by molar-refractivity contribution is -0.137. The van der Waals surface area contributed by atoms with Crippen LogP contribution in [0.15, 0.2) is 24.3 Å². The Labute approximate surface area is 107 Å². The van der Waals surface area contributed by atoms with E-state index >= 15 is 0 Å². The second-order valence-corrected chi connectivity index (χ2v) is 3.79. The third-order valence-corrected chi connectivity index (χ3v) is 2.63. The van der Waals surface area contributed by atoms with Crippen LogP contribution in [-0.2, 0) is 12.7 Å².